The fourth-order valence-electron chi connectivity index (χ4n) is 1.39. The molecule has 0 aliphatic carbocycles. The highest BCUT2D eigenvalue weighted by Gasteiger charge is 2.16. The number of carbonyl (C=O) groups is 1. The van der Waals surface area contributed by atoms with Gasteiger partial charge in [-0.3, -0.25) is 4.79 Å². The molecule has 0 saturated carbocycles. The van der Waals surface area contributed by atoms with Gasteiger partial charge in [0.2, 0.25) is 5.91 Å². The molecule has 1 aromatic heterocycles. The molecular formula is C12H13N3OS2. The SMILES string of the molecule is Cc1cccc(NC(=O)[C@@H](C)Sc2nncs2)c1. The van der Waals surface area contributed by atoms with E-state index in [0.717, 1.165) is 15.6 Å². The van der Waals surface area contributed by atoms with Gasteiger partial charge >= 0.3 is 0 Å². The van der Waals surface area contributed by atoms with Gasteiger partial charge in [-0.2, -0.15) is 0 Å². The molecule has 1 amide bonds. The van der Waals surface area contributed by atoms with Gasteiger partial charge in [-0.05, 0) is 31.5 Å². The Labute approximate surface area is 114 Å². The maximum Gasteiger partial charge on any atom is 0.237 e. The number of nitrogens with zero attached hydrogens (tertiary/aromatic N) is 2. The van der Waals surface area contributed by atoms with Crippen LogP contribution in [0.5, 0.6) is 0 Å². The van der Waals surface area contributed by atoms with Crippen LogP contribution in [0.25, 0.3) is 0 Å². The highest BCUT2D eigenvalue weighted by molar-refractivity contribution is 8.02. The van der Waals surface area contributed by atoms with E-state index in [1.54, 1.807) is 5.51 Å². The zero-order valence-electron chi connectivity index (χ0n) is 10.1. The maximum absolute atomic E-state index is 12.0. The number of rotatable bonds is 4. The predicted molar refractivity (Wildman–Crippen MR) is 75.0 cm³/mol. The molecule has 1 N–H and O–H groups in total. The average molecular weight is 279 g/mol. The van der Waals surface area contributed by atoms with Crippen LogP contribution in [0.1, 0.15) is 12.5 Å². The third-order valence-corrected chi connectivity index (χ3v) is 4.18. The van der Waals surface area contributed by atoms with Crippen molar-refractivity contribution in [3.8, 4) is 0 Å². The van der Waals surface area contributed by atoms with Crippen LogP contribution in [-0.2, 0) is 4.79 Å². The standard InChI is InChI=1S/C12H13N3OS2/c1-8-4-3-5-10(6-8)14-11(16)9(2)18-12-15-13-7-17-12/h3-7,9H,1-2H3,(H,14,16)/t9-/m1/s1. The van der Waals surface area contributed by atoms with Crippen molar-refractivity contribution >= 4 is 34.7 Å². The van der Waals surface area contributed by atoms with Gasteiger partial charge in [0.25, 0.3) is 0 Å². The van der Waals surface area contributed by atoms with Crippen LogP contribution < -0.4 is 5.32 Å². The zero-order chi connectivity index (χ0) is 13.0. The van der Waals surface area contributed by atoms with Crippen molar-refractivity contribution in [1.82, 2.24) is 10.2 Å². The summed E-state index contributed by atoms with van der Waals surface area (Å²) in [7, 11) is 0. The summed E-state index contributed by atoms with van der Waals surface area (Å²) in [5, 5.41) is 10.4. The van der Waals surface area contributed by atoms with Crippen LogP contribution in [0.2, 0.25) is 0 Å². The van der Waals surface area contributed by atoms with Crippen LogP contribution >= 0.6 is 23.1 Å². The molecule has 0 spiro atoms. The number of nitrogens with one attached hydrogen (secondary N) is 1. The molecule has 0 bridgehead atoms. The van der Waals surface area contributed by atoms with Gasteiger partial charge < -0.3 is 5.32 Å². The zero-order valence-corrected chi connectivity index (χ0v) is 11.7. The number of aryl methyl sites for hydroxylation is 1. The van der Waals surface area contributed by atoms with Crippen molar-refractivity contribution in [1.29, 1.82) is 0 Å². The second kappa shape index (κ2) is 5.97. The smallest absolute Gasteiger partial charge is 0.237 e. The van der Waals surface area contributed by atoms with Gasteiger partial charge in [0.15, 0.2) is 4.34 Å². The molecule has 18 heavy (non-hydrogen) atoms. The van der Waals surface area contributed by atoms with Crippen molar-refractivity contribution in [2.75, 3.05) is 5.32 Å². The summed E-state index contributed by atoms with van der Waals surface area (Å²) in [4.78, 5) is 12.0. The molecule has 2 aromatic rings. The fraction of sp³-hybridized carbons (Fsp3) is 0.250. The molecule has 6 heteroatoms. The summed E-state index contributed by atoms with van der Waals surface area (Å²) in [6.45, 7) is 3.85. The Morgan fingerprint density at radius 1 is 1.50 bits per heavy atom. The number of aromatic nitrogens is 2. The largest absolute Gasteiger partial charge is 0.325 e. The van der Waals surface area contributed by atoms with E-state index in [1.165, 1.54) is 23.1 Å². The topological polar surface area (TPSA) is 54.9 Å². The van der Waals surface area contributed by atoms with E-state index < -0.39 is 0 Å². The quantitative estimate of drug-likeness (QED) is 0.874. The van der Waals surface area contributed by atoms with Crippen LogP contribution in [0.3, 0.4) is 0 Å². The molecule has 0 fully saturated rings. The molecule has 0 aliphatic heterocycles. The number of hydrogen-bond donors (Lipinski definition) is 1. The van der Waals surface area contributed by atoms with Crippen molar-refractivity contribution in [2.45, 2.75) is 23.4 Å². The first kappa shape index (κ1) is 13.0. The summed E-state index contributed by atoms with van der Waals surface area (Å²) in [5.74, 6) is -0.0270. The van der Waals surface area contributed by atoms with E-state index in [-0.39, 0.29) is 11.2 Å². The lowest BCUT2D eigenvalue weighted by Crippen LogP contribution is -2.22. The molecule has 0 aliphatic rings. The summed E-state index contributed by atoms with van der Waals surface area (Å²) in [6, 6.07) is 7.75. The lowest BCUT2D eigenvalue weighted by atomic mass is 10.2. The predicted octanol–water partition coefficient (Wildman–Crippen LogP) is 2.97. The summed E-state index contributed by atoms with van der Waals surface area (Å²) < 4.78 is 0.807. The average Bonchev–Trinajstić information content (AvgIpc) is 2.81. The van der Waals surface area contributed by atoms with Crippen LogP contribution in [0.4, 0.5) is 5.69 Å². The molecular weight excluding hydrogens is 266 g/mol. The maximum atomic E-state index is 12.0. The van der Waals surface area contributed by atoms with Gasteiger partial charge in [0.1, 0.15) is 5.51 Å². The third kappa shape index (κ3) is 3.54. The Kier molecular flexibility index (Phi) is 4.33. The van der Waals surface area contributed by atoms with Gasteiger partial charge in [-0.1, -0.05) is 35.2 Å². The van der Waals surface area contributed by atoms with Gasteiger partial charge in [-0.25, -0.2) is 0 Å². The first-order valence-electron chi connectivity index (χ1n) is 5.45. The number of thioether (sulfide) groups is 1. The summed E-state index contributed by atoms with van der Waals surface area (Å²) >= 11 is 2.85. The molecule has 1 aromatic carbocycles. The van der Waals surface area contributed by atoms with E-state index in [9.17, 15) is 4.79 Å². The Bertz CT molecular complexity index is 528. The van der Waals surface area contributed by atoms with E-state index in [2.05, 4.69) is 15.5 Å². The number of hydrogen-bond acceptors (Lipinski definition) is 5. The van der Waals surface area contributed by atoms with E-state index in [1.807, 2.05) is 38.1 Å². The molecule has 0 unspecified atom stereocenters. The van der Waals surface area contributed by atoms with Crippen molar-refractivity contribution in [3.05, 3.63) is 35.3 Å². The second-order valence-corrected chi connectivity index (χ2v) is 6.24. The van der Waals surface area contributed by atoms with Crippen LogP contribution in [0.15, 0.2) is 34.1 Å². The first-order chi connectivity index (χ1) is 8.65. The lowest BCUT2D eigenvalue weighted by molar-refractivity contribution is -0.115. The highest BCUT2D eigenvalue weighted by atomic mass is 32.2. The molecule has 0 saturated heterocycles. The molecule has 2 rings (SSSR count). The van der Waals surface area contributed by atoms with Crippen LogP contribution in [-0.4, -0.2) is 21.4 Å². The fourth-order valence-corrected chi connectivity index (χ4v) is 3.01. The Balaban J connectivity index is 1.95. The number of carbonyl (C=O) groups excluding carboxylic acids is 1. The highest BCUT2D eigenvalue weighted by Crippen LogP contribution is 2.25. The number of anilines is 1. The van der Waals surface area contributed by atoms with Crippen molar-refractivity contribution in [3.63, 3.8) is 0 Å². The van der Waals surface area contributed by atoms with E-state index in [0.29, 0.717) is 0 Å². The third-order valence-electron chi connectivity index (χ3n) is 2.27. The number of benzene rings is 1. The Morgan fingerprint density at radius 2 is 2.33 bits per heavy atom. The molecule has 1 heterocycles. The van der Waals surface area contributed by atoms with Crippen molar-refractivity contribution < 1.29 is 4.79 Å². The molecule has 1 atom stereocenters. The molecule has 0 radical (unpaired) electrons. The van der Waals surface area contributed by atoms with Gasteiger partial charge in [0, 0.05) is 5.69 Å². The van der Waals surface area contributed by atoms with E-state index >= 15 is 0 Å². The van der Waals surface area contributed by atoms with E-state index in [4.69, 9.17) is 0 Å². The van der Waals surface area contributed by atoms with Crippen molar-refractivity contribution in [2.24, 2.45) is 0 Å². The first-order valence-corrected chi connectivity index (χ1v) is 7.21. The minimum Gasteiger partial charge on any atom is -0.325 e. The molecule has 4 nitrogen and oxygen atoms in total. The lowest BCUT2D eigenvalue weighted by Gasteiger charge is -2.10. The summed E-state index contributed by atoms with van der Waals surface area (Å²) in [6.07, 6.45) is 0. The summed E-state index contributed by atoms with van der Waals surface area (Å²) in [5.41, 5.74) is 3.61. The Hall–Kier alpha value is -1.40. The molecule has 94 valence electrons. The van der Waals surface area contributed by atoms with Crippen LogP contribution in [0, 0.1) is 6.92 Å². The number of amides is 1. The van der Waals surface area contributed by atoms with Gasteiger partial charge in [-0.15, -0.1) is 10.2 Å². The monoisotopic (exact) mass is 279 g/mol. The second-order valence-electron chi connectivity index (χ2n) is 3.82. The minimum atomic E-state index is -0.196. The minimum absolute atomic E-state index is 0.0270. The Morgan fingerprint density at radius 3 is 3.00 bits per heavy atom. The normalized spacial score (nSPS) is 12.1. The van der Waals surface area contributed by atoms with Gasteiger partial charge in [0.05, 0.1) is 5.25 Å².